The molecule has 3 heterocycles. The highest BCUT2D eigenvalue weighted by atomic mass is 32.2. The molecule has 3 saturated heterocycles. The van der Waals surface area contributed by atoms with Gasteiger partial charge in [0.2, 0.25) is 10.0 Å². The number of carbonyl (C=O) groups excluding carboxylic acids is 1. The number of nitrogens with zero attached hydrogens (tertiary/aromatic N) is 4. The van der Waals surface area contributed by atoms with Gasteiger partial charge in [-0.15, -0.1) is 0 Å². The highest BCUT2D eigenvalue weighted by molar-refractivity contribution is 7.89. The molecule has 16 heteroatoms. The van der Waals surface area contributed by atoms with Crippen LogP contribution in [0.15, 0.2) is 71.6 Å². The van der Waals surface area contributed by atoms with E-state index in [4.69, 9.17) is 5.14 Å². The van der Waals surface area contributed by atoms with Crippen LogP contribution >= 0.6 is 0 Å². The molecule has 266 valence electrons. The van der Waals surface area contributed by atoms with Crippen molar-refractivity contribution >= 4 is 33.0 Å². The number of benzene rings is 3. The normalized spacial score (nSPS) is 17.5. The molecule has 0 aromatic heterocycles. The second-order valence-corrected chi connectivity index (χ2v) is 13.6. The number of amides is 1. The van der Waals surface area contributed by atoms with Crippen molar-refractivity contribution in [1.29, 1.82) is 0 Å². The van der Waals surface area contributed by atoms with E-state index in [2.05, 4.69) is 15.1 Å². The highest BCUT2D eigenvalue weighted by Crippen LogP contribution is 2.33. The molecule has 3 N–H and O–H groups in total. The minimum Gasteiger partial charge on any atom is -0.371 e. The summed E-state index contributed by atoms with van der Waals surface area (Å²) in [5.41, 5.74) is 1.20. The number of piperazine rings is 2. The summed E-state index contributed by atoms with van der Waals surface area (Å²) in [6.45, 7) is 6.63. The Labute approximate surface area is 281 Å². The molecule has 0 radical (unpaired) electrons. The van der Waals surface area contributed by atoms with Crippen molar-refractivity contribution in [2.24, 2.45) is 5.14 Å². The Bertz CT molecular complexity index is 1680. The lowest BCUT2D eigenvalue weighted by atomic mass is 10.1. The van der Waals surface area contributed by atoms with Crippen LogP contribution in [0.3, 0.4) is 0 Å². The average molecular weight is 713 g/mol. The fourth-order valence-electron chi connectivity index (χ4n) is 6.08. The molecular formula is C33H38F6N6O3S. The van der Waals surface area contributed by atoms with Gasteiger partial charge in [0, 0.05) is 82.5 Å². The summed E-state index contributed by atoms with van der Waals surface area (Å²) in [6.07, 6.45) is -6.64. The average Bonchev–Trinajstić information content (AvgIpc) is 3.63. The number of nitrogens with two attached hydrogens (primary N) is 1. The molecule has 3 aliphatic heterocycles. The number of hydrogen-bond donors (Lipinski definition) is 2. The first kappa shape index (κ1) is 36.3. The zero-order chi connectivity index (χ0) is 35.4. The summed E-state index contributed by atoms with van der Waals surface area (Å²) in [5.74, 6) is -0.283. The van der Waals surface area contributed by atoms with Gasteiger partial charge in [0.1, 0.15) is 0 Å². The predicted octanol–water partition coefficient (Wildman–Crippen LogP) is 5.03. The third kappa shape index (κ3) is 9.16. The van der Waals surface area contributed by atoms with E-state index in [1.54, 1.807) is 11.0 Å². The second-order valence-electron chi connectivity index (χ2n) is 12.0. The SMILES string of the molecule is FC(F)(F)c1ccc(N2CCNCC2)cc1.NS(=O)(=O)c1ccc(N2CCCC2)c(C(=O)N2CCN(c3ccc(C(F)(F)F)cc3)CC2)c1. The Morgan fingerprint density at radius 3 is 1.55 bits per heavy atom. The lowest BCUT2D eigenvalue weighted by molar-refractivity contribution is -0.138. The molecule has 0 atom stereocenters. The molecule has 3 aliphatic rings. The van der Waals surface area contributed by atoms with E-state index < -0.39 is 33.5 Å². The van der Waals surface area contributed by atoms with Gasteiger partial charge in [0.15, 0.2) is 0 Å². The van der Waals surface area contributed by atoms with E-state index in [1.165, 1.54) is 36.4 Å². The second kappa shape index (κ2) is 14.8. The Morgan fingerprint density at radius 1 is 0.633 bits per heavy atom. The summed E-state index contributed by atoms with van der Waals surface area (Å²) >= 11 is 0. The summed E-state index contributed by atoms with van der Waals surface area (Å²) < 4.78 is 99.2. The molecule has 0 saturated carbocycles. The van der Waals surface area contributed by atoms with E-state index in [-0.39, 0.29) is 10.8 Å². The lowest BCUT2D eigenvalue weighted by Gasteiger charge is -2.37. The number of sulfonamides is 1. The third-order valence-electron chi connectivity index (χ3n) is 8.78. The molecule has 3 aromatic carbocycles. The van der Waals surface area contributed by atoms with Crippen LogP contribution in [-0.2, 0) is 22.4 Å². The van der Waals surface area contributed by atoms with Crippen molar-refractivity contribution in [3.8, 4) is 0 Å². The van der Waals surface area contributed by atoms with Crippen molar-refractivity contribution < 1.29 is 39.6 Å². The number of halogens is 6. The van der Waals surface area contributed by atoms with Gasteiger partial charge >= 0.3 is 12.4 Å². The number of nitrogens with one attached hydrogen (secondary N) is 1. The number of hydrogen-bond acceptors (Lipinski definition) is 7. The van der Waals surface area contributed by atoms with E-state index in [9.17, 15) is 39.6 Å². The number of anilines is 3. The van der Waals surface area contributed by atoms with E-state index in [1.807, 2.05) is 4.90 Å². The summed E-state index contributed by atoms with van der Waals surface area (Å²) in [4.78, 5) is 21.0. The van der Waals surface area contributed by atoms with Gasteiger partial charge in [-0.1, -0.05) is 0 Å². The van der Waals surface area contributed by atoms with Crippen molar-refractivity contribution in [3.63, 3.8) is 0 Å². The van der Waals surface area contributed by atoms with E-state index in [0.717, 1.165) is 82.1 Å². The summed E-state index contributed by atoms with van der Waals surface area (Å²) in [5, 5.41) is 8.48. The number of carbonyl (C=O) groups is 1. The molecule has 3 fully saturated rings. The molecular weight excluding hydrogens is 674 g/mol. The Hall–Kier alpha value is -4.02. The van der Waals surface area contributed by atoms with Gasteiger partial charge in [-0.3, -0.25) is 4.79 Å². The van der Waals surface area contributed by atoms with E-state index >= 15 is 0 Å². The zero-order valence-electron chi connectivity index (χ0n) is 26.6. The topological polar surface area (TPSA) is 102 Å². The molecule has 0 bridgehead atoms. The Kier molecular flexibility index (Phi) is 11.0. The van der Waals surface area contributed by atoms with Crippen molar-refractivity contribution in [2.45, 2.75) is 30.1 Å². The van der Waals surface area contributed by atoms with Crippen LogP contribution in [0.1, 0.15) is 34.3 Å². The van der Waals surface area contributed by atoms with Crippen LogP contribution in [0.2, 0.25) is 0 Å². The molecule has 9 nitrogen and oxygen atoms in total. The minimum atomic E-state index is -4.39. The maximum Gasteiger partial charge on any atom is 0.416 e. The monoisotopic (exact) mass is 712 g/mol. The van der Waals surface area contributed by atoms with Crippen LogP contribution in [0.5, 0.6) is 0 Å². The molecule has 6 rings (SSSR count). The molecule has 0 spiro atoms. The van der Waals surface area contributed by atoms with Gasteiger partial charge in [-0.2, -0.15) is 26.3 Å². The van der Waals surface area contributed by atoms with Crippen LogP contribution in [-0.4, -0.2) is 84.7 Å². The van der Waals surface area contributed by atoms with Crippen LogP contribution in [0.4, 0.5) is 43.4 Å². The van der Waals surface area contributed by atoms with Crippen molar-refractivity contribution in [1.82, 2.24) is 10.2 Å². The Morgan fingerprint density at radius 2 is 1.10 bits per heavy atom. The standard InChI is InChI=1S/C22H25F3N4O3S.C11H13F3N2/c23-22(24,25)16-3-5-17(6-4-16)27-11-13-29(14-12-27)21(30)19-15-18(33(26,31)32)7-8-20(19)28-9-1-2-10-28;12-11(13,14)9-1-3-10(4-2-9)16-7-5-15-6-8-16/h3-8,15H,1-2,9-14H2,(H2,26,31,32);1-4,15H,5-8H2. The molecule has 49 heavy (non-hydrogen) atoms. The van der Waals surface area contributed by atoms with Gasteiger partial charge in [-0.25, -0.2) is 13.6 Å². The van der Waals surface area contributed by atoms with E-state index in [0.29, 0.717) is 43.1 Å². The Balaban J connectivity index is 0.000000244. The molecule has 3 aromatic rings. The molecule has 0 unspecified atom stereocenters. The largest absolute Gasteiger partial charge is 0.416 e. The predicted molar refractivity (Wildman–Crippen MR) is 175 cm³/mol. The highest BCUT2D eigenvalue weighted by Gasteiger charge is 2.32. The number of rotatable bonds is 5. The van der Waals surface area contributed by atoms with Crippen molar-refractivity contribution in [2.75, 3.05) is 80.1 Å². The quantitative estimate of drug-likeness (QED) is 0.358. The van der Waals surface area contributed by atoms with Gasteiger partial charge in [0.25, 0.3) is 5.91 Å². The number of primary sulfonamides is 1. The first-order valence-corrected chi connectivity index (χ1v) is 17.4. The maximum atomic E-state index is 13.4. The maximum absolute atomic E-state index is 13.4. The van der Waals surface area contributed by atoms with Gasteiger partial charge in [0.05, 0.1) is 21.6 Å². The van der Waals surface area contributed by atoms with Crippen LogP contribution in [0.25, 0.3) is 0 Å². The fraction of sp³-hybridized carbons (Fsp3) is 0.424. The van der Waals surface area contributed by atoms with Crippen LogP contribution in [0, 0.1) is 0 Å². The third-order valence-corrected chi connectivity index (χ3v) is 9.69. The fourth-order valence-corrected chi connectivity index (χ4v) is 6.62. The first-order chi connectivity index (χ1) is 23.1. The van der Waals surface area contributed by atoms with Gasteiger partial charge in [-0.05, 0) is 79.6 Å². The summed E-state index contributed by atoms with van der Waals surface area (Å²) in [6, 6.07) is 14.7. The number of alkyl halides is 6. The van der Waals surface area contributed by atoms with Gasteiger partial charge < -0.3 is 24.9 Å². The molecule has 1 amide bonds. The smallest absolute Gasteiger partial charge is 0.371 e. The summed E-state index contributed by atoms with van der Waals surface area (Å²) in [7, 11) is -3.97. The van der Waals surface area contributed by atoms with Crippen molar-refractivity contribution in [3.05, 3.63) is 83.4 Å². The molecule has 0 aliphatic carbocycles. The first-order valence-electron chi connectivity index (χ1n) is 15.9. The lowest BCUT2D eigenvalue weighted by Crippen LogP contribution is -2.49. The minimum absolute atomic E-state index is 0.114. The zero-order valence-corrected chi connectivity index (χ0v) is 27.4. The van der Waals surface area contributed by atoms with Crippen LogP contribution < -0.4 is 25.2 Å².